The summed E-state index contributed by atoms with van der Waals surface area (Å²) < 4.78 is 37.1. The van der Waals surface area contributed by atoms with Crippen molar-refractivity contribution in [2.45, 2.75) is 42.4 Å². The number of benzene rings is 1. The molecule has 1 fully saturated rings. The van der Waals surface area contributed by atoms with Gasteiger partial charge in [-0.25, -0.2) is 8.42 Å². The lowest BCUT2D eigenvalue weighted by Crippen LogP contribution is -2.42. The van der Waals surface area contributed by atoms with Gasteiger partial charge >= 0.3 is 0 Å². The van der Waals surface area contributed by atoms with Gasteiger partial charge in [-0.1, -0.05) is 23.8 Å². The number of ketones is 1. The number of carbonyl (C=O) groups is 1. The van der Waals surface area contributed by atoms with Crippen molar-refractivity contribution in [3.05, 3.63) is 42.0 Å². The molecular weight excluding hydrogens is 328 g/mol. The smallest absolute Gasteiger partial charge is 0.189 e. The number of ether oxygens (including phenoxy) is 2. The molecule has 0 unspecified atom stereocenters. The molecule has 0 aromatic heterocycles. The Hall–Kier alpha value is -1.50. The molecule has 0 amide bonds. The van der Waals surface area contributed by atoms with E-state index in [4.69, 9.17) is 9.47 Å². The van der Waals surface area contributed by atoms with E-state index in [2.05, 4.69) is 0 Å². The van der Waals surface area contributed by atoms with E-state index < -0.39 is 21.0 Å². The first-order valence-corrected chi connectivity index (χ1v) is 9.83. The van der Waals surface area contributed by atoms with Gasteiger partial charge in [-0.05, 0) is 44.4 Å². The number of sulfone groups is 1. The Labute approximate surface area is 142 Å². The van der Waals surface area contributed by atoms with Crippen LogP contribution in [0.2, 0.25) is 0 Å². The maximum absolute atomic E-state index is 13.0. The van der Waals surface area contributed by atoms with Crippen LogP contribution in [0.1, 0.15) is 26.2 Å². The van der Waals surface area contributed by atoms with E-state index in [9.17, 15) is 13.2 Å². The number of hydrogen-bond acceptors (Lipinski definition) is 5. The molecule has 3 atom stereocenters. The van der Waals surface area contributed by atoms with E-state index in [1.807, 2.05) is 6.92 Å². The number of rotatable bonds is 6. The van der Waals surface area contributed by atoms with Crippen molar-refractivity contribution in [1.29, 1.82) is 0 Å². The van der Waals surface area contributed by atoms with Crippen molar-refractivity contribution in [3.8, 4) is 0 Å². The second kappa shape index (κ2) is 7.17. The van der Waals surface area contributed by atoms with Gasteiger partial charge in [0.15, 0.2) is 15.6 Å². The summed E-state index contributed by atoms with van der Waals surface area (Å²) in [7, 11) is -3.74. The summed E-state index contributed by atoms with van der Waals surface area (Å²) in [6, 6.07) is 8.18. The molecule has 1 aromatic rings. The largest absolute Gasteiger partial charge is 0.356 e. The molecular formula is C18H22O5S. The second-order valence-electron chi connectivity index (χ2n) is 6.13. The Kier molecular flexibility index (Phi) is 5.18. The molecule has 0 radical (unpaired) electrons. The Morgan fingerprint density at radius 1 is 1.21 bits per heavy atom. The van der Waals surface area contributed by atoms with Crippen molar-refractivity contribution in [1.82, 2.24) is 0 Å². The molecule has 0 N–H and O–H groups in total. The Morgan fingerprint density at radius 2 is 1.96 bits per heavy atom. The van der Waals surface area contributed by atoms with Crippen LogP contribution in [0.4, 0.5) is 0 Å². The lowest BCUT2D eigenvalue weighted by molar-refractivity contribution is -0.119. The van der Waals surface area contributed by atoms with Crippen LogP contribution in [0.25, 0.3) is 0 Å². The van der Waals surface area contributed by atoms with E-state index in [1.54, 1.807) is 30.3 Å². The molecule has 24 heavy (non-hydrogen) atoms. The Balaban J connectivity index is 1.91. The number of fused-ring (bicyclic) bond motifs is 1. The number of carbonyl (C=O) groups excluding carboxylic acids is 1. The number of allylic oxidation sites excluding steroid dienone is 1. The van der Waals surface area contributed by atoms with Gasteiger partial charge in [-0.2, -0.15) is 0 Å². The van der Waals surface area contributed by atoms with E-state index in [1.165, 1.54) is 6.08 Å². The van der Waals surface area contributed by atoms with Crippen molar-refractivity contribution in [2.24, 2.45) is 5.92 Å². The third-order valence-electron chi connectivity index (χ3n) is 4.69. The summed E-state index contributed by atoms with van der Waals surface area (Å²) in [6.45, 7) is 2.53. The molecule has 0 spiro atoms. The van der Waals surface area contributed by atoms with Gasteiger partial charge in [0.05, 0.1) is 11.0 Å². The lowest BCUT2D eigenvalue weighted by Gasteiger charge is -2.33. The normalized spacial score (nSPS) is 27.0. The van der Waals surface area contributed by atoms with Crippen LogP contribution in [-0.2, 0) is 24.1 Å². The third kappa shape index (κ3) is 3.18. The highest BCUT2D eigenvalue weighted by Crippen LogP contribution is 2.42. The summed E-state index contributed by atoms with van der Waals surface area (Å²) in [5.41, 5.74) is 0.900. The zero-order valence-corrected chi connectivity index (χ0v) is 14.5. The minimum absolute atomic E-state index is 0.122. The van der Waals surface area contributed by atoms with Crippen LogP contribution in [0.3, 0.4) is 0 Å². The zero-order valence-electron chi connectivity index (χ0n) is 13.7. The first kappa shape index (κ1) is 17.3. The third-order valence-corrected chi connectivity index (χ3v) is 6.82. The van der Waals surface area contributed by atoms with Crippen LogP contribution in [0.15, 0.2) is 46.9 Å². The fourth-order valence-corrected chi connectivity index (χ4v) is 5.54. The minimum Gasteiger partial charge on any atom is -0.356 e. The molecule has 0 heterocycles. The predicted molar refractivity (Wildman–Crippen MR) is 89.2 cm³/mol. The first-order valence-electron chi connectivity index (χ1n) is 8.28. The maximum Gasteiger partial charge on any atom is 0.189 e. The highest BCUT2D eigenvalue weighted by molar-refractivity contribution is 7.93. The fraction of sp³-hybridized carbons (Fsp3) is 0.500. The molecule has 3 rings (SSSR count). The number of hydrogen-bond donors (Lipinski definition) is 0. The summed E-state index contributed by atoms with van der Waals surface area (Å²) in [5.74, 6) is -0.734. The van der Waals surface area contributed by atoms with Gasteiger partial charge in [0, 0.05) is 12.5 Å². The highest BCUT2D eigenvalue weighted by atomic mass is 32.2. The van der Waals surface area contributed by atoms with Crippen LogP contribution in [0, 0.1) is 5.92 Å². The molecule has 0 saturated heterocycles. The van der Waals surface area contributed by atoms with Gasteiger partial charge < -0.3 is 9.47 Å². The van der Waals surface area contributed by atoms with Crippen LogP contribution >= 0.6 is 0 Å². The van der Waals surface area contributed by atoms with Gasteiger partial charge in [0.1, 0.15) is 12.0 Å². The molecule has 5 nitrogen and oxygen atoms in total. The fourth-order valence-electron chi connectivity index (χ4n) is 3.60. The van der Waals surface area contributed by atoms with E-state index in [-0.39, 0.29) is 23.6 Å². The summed E-state index contributed by atoms with van der Waals surface area (Å²) >= 11 is 0. The Morgan fingerprint density at radius 3 is 2.67 bits per heavy atom. The monoisotopic (exact) mass is 350 g/mol. The summed E-state index contributed by atoms with van der Waals surface area (Å²) in [6.07, 6.45) is 3.61. The molecule has 130 valence electrons. The average Bonchev–Trinajstić information content (AvgIpc) is 2.93. The molecule has 1 aromatic carbocycles. The molecule has 2 aliphatic rings. The minimum atomic E-state index is -3.74. The summed E-state index contributed by atoms with van der Waals surface area (Å²) in [4.78, 5) is 12.7. The lowest BCUT2D eigenvalue weighted by atomic mass is 9.83. The Bertz CT molecular complexity index is 723. The first-order chi connectivity index (χ1) is 11.6. The van der Waals surface area contributed by atoms with Crippen LogP contribution in [0.5, 0.6) is 0 Å². The standard InChI is InChI=1S/C18H22O5S/c1-2-22-12-23-16-10-6-7-13-11-15(19)18(17(13)16)24(20,21)14-8-4-3-5-9-14/h3-5,8-9,11,16-18H,2,6-7,10,12H2,1H3/t16-,17+,18-/m0/s1. The van der Waals surface area contributed by atoms with Gasteiger partial charge in [0.25, 0.3) is 0 Å². The van der Waals surface area contributed by atoms with Crippen molar-refractivity contribution < 1.29 is 22.7 Å². The summed E-state index contributed by atoms with van der Waals surface area (Å²) in [5, 5.41) is -1.08. The molecule has 0 bridgehead atoms. The predicted octanol–water partition coefficient (Wildman–Crippen LogP) is 2.52. The highest BCUT2D eigenvalue weighted by Gasteiger charge is 2.50. The molecule has 0 aliphatic heterocycles. The van der Waals surface area contributed by atoms with E-state index in [0.29, 0.717) is 6.61 Å². The van der Waals surface area contributed by atoms with Crippen molar-refractivity contribution in [3.63, 3.8) is 0 Å². The van der Waals surface area contributed by atoms with Gasteiger partial charge in [-0.15, -0.1) is 0 Å². The van der Waals surface area contributed by atoms with Gasteiger partial charge in [-0.3, -0.25) is 4.79 Å². The second-order valence-corrected chi connectivity index (χ2v) is 8.20. The maximum atomic E-state index is 13.0. The van der Waals surface area contributed by atoms with Crippen molar-refractivity contribution in [2.75, 3.05) is 13.4 Å². The topological polar surface area (TPSA) is 69.7 Å². The van der Waals surface area contributed by atoms with E-state index in [0.717, 1.165) is 24.8 Å². The molecule has 6 heteroatoms. The van der Waals surface area contributed by atoms with Crippen LogP contribution < -0.4 is 0 Å². The SMILES string of the molecule is CCOCO[C@H]1CCCC2=CC(=O)[C@H](S(=O)(=O)c3ccccc3)[C@H]21. The average molecular weight is 350 g/mol. The zero-order chi connectivity index (χ0) is 17.2. The van der Waals surface area contributed by atoms with Crippen molar-refractivity contribution >= 4 is 15.6 Å². The van der Waals surface area contributed by atoms with E-state index >= 15 is 0 Å². The molecule has 2 aliphatic carbocycles. The molecule has 1 saturated carbocycles. The van der Waals surface area contributed by atoms with Crippen LogP contribution in [-0.4, -0.2) is 39.0 Å². The van der Waals surface area contributed by atoms with Gasteiger partial charge in [0.2, 0.25) is 0 Å². The quantitative estimate of drug-likeness (QED) is 0.582.